The fraction of sp³-hybridized carbons (Fsp3) is 0.200. The van der Waals surface area contributed by atoms with Crippen LogP contribution in [0.5, 0.6) is 5.75 Å². The average Bonchev–Trinajstić information content (AvgIpc) is 2.64. The number of nitrogens with one attached hydrogen (secondary N) is 2. The first-order valence-corrected chi connectivity index (χ1v) is 8.67. The van der Waals surface area contributed by atoms with Crippen LogP contribution in [0.15, 0.2) is 48.5 Å². The molecule has 1 heterocycles. The smallest absolute Gasteiger partial charge is 0.136 e. The van der Waals surface area contributed by atoms with Crippen molar-refractivity contribution in [3.63, 3.8) is 0 Å². The summed E-state index contributed by atoms with van der Waals surface area (Å²) in [5, 5.41) is 7.37. The Morgan fingerprint density at radius 1 is 1.00 bits per heavy atom. The molecule has 0 aliphatic carbocycles. The Morgan fingerprint density at radius 3 is 2.46 bits per heavy atom. The van der Waals surface area contributed by atoms with Gasteiger partial charge < -0.3 is 15.4 Å². The summed E-state index contributed by atoms with van der Waals surface area (Å²) in [7, 11) is 1.66. The number of ether oxygens (including phenoxy) is 1. The first kappa shape index (κ1) is 18.0. The summed E-state index contributed by atoms with van der Waals surface area (Å²) in [4.78, 5) is 8.91. The van der Waals surface area contributed by atoms with Gasteiger partial charge in [0, 0.05) is 23.3 Å². The highest BCUT2D eigenvalue weighted by Gasteiger charge is 2.06. The lowest BCUT2D eigenvalue weighted by Gasteiger charge is -2.12. The molecule has 3 rings (SSSR count). The van der Waals surface area contributed by atoms with E-state index in [0.717, 1.165) is 39.2 Å². The summed E-state index contributed by atoms with van der Waals surface area (Å²) < 4.78 is 5.18. The second-order valence-corrected chi connectivity index (χ2v) is 6.33. The van der Waals surface area contributed by atoms with Gasteiger partial charge in [-0.25, -0.2) is 9.97 Å². The van der Waals surface area contributed by atoms with Crippen molar-refractivity contribution in [3.8, 4) is 5.75 Å². The first-order chi connectivity index (χ1) is 12.5. The molecule has 0 atom stereocenters. The van der Waals surface area contributed by atoms with Gasteiger partial charge in [0.1, 0.15) is 23.2 Å². The minimum absolute atomic E-state index is 0.663. The first-order valence-electron chi connectivity index (χ1n) is 8.30. The van der Waals surface area contributed by atoms with Crippen molar-refractivity contribution >= 4 is 28.9 Å². The number of rotatable bonds is 6. The van der Waals surface area contributed by atoms with Crippen LogP contribution in [0.3, 0.4) is 0 Å². The van der Waals surface area contributed by atoms with E-state index < -0.39 is 0 Å². The van der Waals surface area contributed by atoms with E-state index in [9.17, 15) is 0 Å². The van der Waals surface area contributed by atoms with Crippen molar-refractivity contribution in [2.45, 2.75) is 20.4 Å². The van der Waals surface area contributed by atoms with Crippen molar-refractivity contribution in [2.75, 3.05) is 17.7 Å². The van der Waals surface area contributed by atoms with E-state index in [1.54, 1.807) is 7.11 Å². The largest absolute Gasteiger partial charge is 0.497 e. The zero-order valence-electron chi connectivity index (χ0n) is 15.0. The molecule has 2 N–H and O–H groups in total. The molecule has 0 spiro atoms. The van der Waals surface area contributed by atoms with Gasteiger partial charge >= 0.3 is 0 Å². The lowest BCUT2D eigenvalue weighted by atomic mass is 10.2. The van der Waals surface area contributed by atoms with E-state index in [1.165, 1.54) is 0 Å². The molecule has 2 aromatic carbocycles. The van der Waals surface area contributed by atoms with Gasteiger partial charge in [0.15, 0.2) is 0 Å². The molecule has 6 heteroatoms. The van der Waals surface area contributed by atoms with E-state index in [2.05, 4.69) is 20.6 Å². The van der Waals surface area contributed by atoms with Gasteiger partial charge in [0.05, 0.1) is 7.11 Å². The standard InChI is InChI=1S/C20H21ClN4O/c1-13-17(21)5-4-6-18(13)25-20-11-19(23-14(2)24-20)22-12-15-7-9-16(26-3)10-8-15/h4-11H,12H2,1-3H3,(H2,22,23,24,25). The number of hydrogen-bond donors (Lipinski definition) is 2. The Kier molecular flexibility index (Phi) is 5.58. The molecule has 0 saturated carbocycles. The molecule has 0 radical (unpaired) electrons. The molecule has 1 aromatic heterocycles. The molecular weight excluding hydrogens is 348 g/mol. The van der Waals surface area contributed by atoms with E-state index in [0.29, 0.717) is 12.4 Å². The van der Waals surface area contributed by atoms with Crippen LogP contribution in [-0.2, 0) is 6.54 Å². The van der Waals surface area contributed by atoms with Crippen molar-refractivity contribution in [1.82, 2.24) is 9.97 Å². The number of hydrogen-bond acceptors (Lipinski definition) is 5. The molecular formula is C20H21ClN4O. The topological polar surface area (TPSA) is 59.1 Å². The van der Waals surface area contributed by atoms with Gasteiger partial charge in [0.2, 0.25) is 0 Å². The highest BCUT2D eigenvalue weighted by atomic mass is 35.5. The quantitative estimate of drug-likeness (QED) is 0.633. The number of aryl methyl sites for hydroxylation is 1. The molecule has 0 fully saturated rings. The second-order valence-electron chi connectivity index (χ2n) is 5.92. The van der Waals surface area contributed by atoms with Crippen LogP contribution in [0.25, 0.3) is 0 Å². The average molecular weight is 369 g/mol. The lowest BCUT2D eigenvalue weighted by molar-refractivity contribution is 0.414. The zero-order chi connectivity index (χ0) is 18.5. The summed E-state index contributed by atoms with van der Waals surface area (Å²) in [6, 6.07) is 15.6. The monoisotopic (exact) mass is 368 g/mol. The molecule has 5 nitrogen and oxygen atoms in total. The lowest BCUT2D eigenvalue weighted by Crippen LogP contribution is -2.05. The predicted octanol–water partition coefficient (Wildman–Crippen LogP) is 5.11. The summed E-state index contributed by atoms with van der Waals surface area (Å²) in [6.07, 6.45) is 0. The third-order valence-electron chi connectivity index (χ3n) is 4.00. The summed E-state index contributed by atoms with van der Waals surface area (Å²) in [5.74, 6) is 3.01. The molecule has 0 saturated heterocycles. The Balaban J connectivity index is 1.73. The Bertz CT molecular complexity index is 897. The third kappa shape index (κ3) is 4.43. The van der Waals surface area contributed by atoms with E-state index in [1.807, 2.05) is 62.4 Å². The van der Waals surface area contributed by atoms with Crippen LogP contribution in [0.1, 0.15) is 17.0 Å². The van der Waals surface area contributed by atoms with Gasteiger partial charge in [-0.1, -0.05) is 29.8 Å². The number of nitrogens with zero attached hydrogens (tertiary/aromatic N) is 2. The molecule has 0 aliphatic heterocycles. The molecule has 0 bridgehead atoms. The number of anilines is 3. The fourth-order valence-electron chi connectivity index (χ4n) is 2.54. The maximum Gasteiger partial charge on any atom is 0.136 e. The Morgan fingerprint density at radius 2 is 1.73 bits per heavy atom. The molecule has 26 heavy (non-hydrogen) atoms. The molecule has 3 aromatic rings. The van der Waals surface area contributed by atoms with Gasteiger partial charge in [-0.05, 0) is 49.2 Å². The summed E-state index contributed by atoms with van der Waals surface area (Å²) in [6.45, 7) is 4.51. The number of methoxy groups -OCH3 is 1. The second kappa shape index (κ2) is 8.06. The summed E-state index contributed by atoms with van der Waals surface area (Å²) in [5.41, 5.74) is 3.05. The normalized spacial score (nSPS) is 10.5. The van der Waals surface area contributed by atoms with Gasteiger partial charge in [-0.3, -0.25) is 0 Å². The molecule has 134 valence electrons. The highest BCUT2D eigenvalue weighted by molar-refractivity contribution is 6.31. The van der Waals surface area contributed by atoms with E-state index >= 15 is 0 Å². The number of benzene rings is 2. The Labute approximate surface area is 158 Å². The van der Waals surface area contributed by atoms with Gasteiger partial charge in [0.25, 0.3) is 0 Å². The SMILES string of the molecule is COc1ccc(CNc2cc(Nc3cccc(Cl)c3C)nc(C)n2)cc1. The molecule has 0 unspecified atom stereocenters. The van der Waals surface area contributed by atoms with Gasteiger partial charge in [-0.2, -0.15) is 0 Å². The minimum atomic E-state index is 0.663. The van der Waals surface area contributed by atoms with Crippen LogP contribution >= 0.6 is 11.6 Å². The number of halogens is 1. The van der Waals surface area contributed by atoms with Crippen molar-refractivity contribution in [1.29, 1.82) is 0 Å². The van der Waals surface area contributed by atoms with Crippen LogP contribution in [-0.4, -0.2) is 17.1 Å². The minimum Gasteiger partial charge on any atom is -0.497 e. The predicted molar refractivity (Wildman–Crippen MR) is 107 cm³/mol. The van der Waals surface area contributed by atoms with Crippen molar-refractivity contribution in [2.24, 2.45) is 0 Å². The van der Waals surface area contributed by atoms with Crippen LogP contribution in [0.2, 0.25) is 5.02 Å². The van der Waals surface area contributed by atoms with Crippen molar-refractivity contribution in [3.05, 3.63) is 70.5 Å². The van der Waals surface area contributed by atoms with Crippen LogP contribution < -0.4 is 15.4 Å². The fourth-order valence-corrected chi connectivity index (χ4v) is 2.71. The van der Waals surface area contributed by atoms with E-state index in [4.69, 9.17) is 16.3 Å². The molecule has 0 amide bonds. The zero-order valence-corrected chi connectivity index (χ0v) is 15.8. The molecule has 0 aliphatic rings. The number of aromatic nitrogens is 2. The van der Waals surface area contributed by atoms with Crippen LogP contribution in [0, 0.1) is 13.8 Å². The highest BCUT2D eigenvalue weighted by Crippen LogP contribution is 2.26. The maximum atomic E-state index is 6.19. The van der Waals surface area contributed by atoms with Crippen molar-refractivity contribution < 1.29 is 4.74 Å². The van der Waals surface area contributed by atoms with Crippen LogP contribution in [0.4, 0.5) is 17.3 Å². The summed E-state index contributed by atoms with van der Waals surface area (Å²) >= 11 is 6.19. The van der Waals surface area contributed by atoms with Gasteiger partial charge in [-0.15, -0.1) is 0 Å². The maximum absolute atomic E-state index is 6.19. The third-order valence-corrected chi connectivity index (χ3v) is 4.41. The Hall–Kier alpha value is -2.79. The van der Waals surface area contributed by atoms with E-state index in [-0.39, 0.29) is 0 Å².